The molecule has 12 nitrogen and oxygen atoms in total. The van der Waals surface area contributed by atoms with Gasteiger partial charge in [-0.3, -0.25) is 29.0 Å². The summed E-state index contributed by atoms with van der Waals surface area (Å²) in [6, 6.07) is 0.562. The first-order valence-electron chi connectivity index (χ1n) is 8.84. The smallest absolute Gasteiger partial charge is 0.317 e. The van der Waals surface area contributed by atoms with Crippen LogP contribution in [-0.2, 0) is 19.2 Å². The number of carbonyl (C=O) groups is 4. The highest BCUT2D eigenvalue weighted by Gasteiger charge is 2.18. The Hall–Kier alpha value is -2.28. The fourth-order valence-corrected chi connectivity index (χ4v) is 2.66. The predicted octanol–water partition coefficient (Wildman–Crippen LogP) is -1.86. The number of nitrogens with two attached hydrogens (primary N) is 2. The van der Waals surface area contributed by atoms with Gasteiger partial charge in [0, 0.05) is 25.2 Å². The van der Waals surface area contributed by atoms with E-state index >= 15 is 0 Å². The fourth-order valence-electron chi connectivity index (χ4n) is 2.66. The monoisotopic (exact) mass is 406 g/mol. The van der Waals surface area contributed by atoms with Crippen molar-refractivity contribution in [3.05, 3.63) is 0 Å². The van der Waals surface area contributed by atoms with Gasteiger partial charge in [0.25, 0.3) is 0 Å². The van der Waals surface area contributed by atoms with E-state index in [4.69, 9.17) is 31.9 Å². The second kappa shape index (κ2) is 13.8. The van der Waals surface area contributed by atoms with E-state index in [-0.39, 0.29) is 25.2 Å². The molecule has 1 rings (SSSR count). The van der Waals surface area contributed by atoms with Crippen molar-refractivity contribution in [3.8, 4) is 0 Å². The van der Waals surface area contributed by atoms with Crippen LogP contribution in [0.15, 0.2) is 0 Å². The van der Waals surface area contributed by atoms with Crippen molar-refractivity contribution in [1.29, 1.82) is 0 Å². The Labute approximate surface area is 162 Å². The number of carboxylic acids is 4. The lowest BCUT2D eigenvalue weighted by Crippen LogP contribution is -2.43. The van der Waals surface area contributed by atoms with E-state index in [9.17, 15) is 19.2 Å². The van der Waals surface area contributed by atoms with Crippen LogP contribution in [0.2, 0.25) is 0 Å². The van der Waals surface area contributed by atoms with Crippen LogP contribution in [0.3, 0.4) is 0 Å². The highest BCUT2D eigenvalue weighted by molar-refractivity contribution is 5.73. The van der Waals surface area contributed by atoms with Crippen molar-refractivity contribution in [2.24, 2.45) is 11.5 Å². The lowest BCUT2D eigenvalue weighted by atomic mass is 9.92. The van der Waals surface area contributed by atoms with Crippen molar-refractivity contribution in [1.82, 2.24) is 9.80 Å². The topological polar surface area (TPSA) is 208 Å². The molecule has 1 fully saturated rings. The summed E-state index contributed by atoms with van der Waals surface area (Å²) >= 11 is 0. The van der Waals surface area contributed by atoms with Crippen LogP contribution in [0.25, 0.3) is 0 Å². The van der Waals surface area contributed by atoms with Gasteiger partial charge >= 0.3 is 23.9 Å². The summed E-state index contributed by atoms with van der Waals surface area (Å²) in [4.78, 5) is 44.4. The second-order valence-electron chi connectivity index (χ2n) is 6.61. The zero-order chi connectivity index (χ0) is 21.7. The number of carboxylic acid groups (broad SMARTS) is 4. The zero-order valence-electron chi connectivity index (χ0n) is 15.7. The minimum Gasteiger partial charge on any atom is -0.480 e. The molecule has 0 radical (unpaired) electrons. The van der Waals surface area contributed by atoms with E-state index in [1.807, 2.05) is 0 Å². The summed E-state index contributed by atoms with van der Waals surface area (Å²) in [6.07, 6.45) is 4.80. The van der Waals surface area contributed by atoms with Crippen LogP contribution in [-0.4, -0.2) is 105 Å². The Morgan fingerprint density at radius 2 is 0.893 bits per heavy atom. The standard InChI is InChI=1S/C10H16N2O8.C6H14N2/c13-7(14)3-11(4-8(15)16)1-2-12(5-9(17)18)6-10(19)20;7-5-3-1-2-4-6(5)8/h1-6H2,(H,13,14)(H,15,16)(H,17,18)(H,19,20);5-6H,1-4,7-8H2/t;5-,6-/m.1/s1. The zero-order valence-corrected chi connectivity index (χ0v) is 15.7. The van der Waals surface area contributed by atoms with Crippen LogP contribution in [0.1, 0.15) is 25.7 Å². The second-order valence-corrected chi connectivity index (χ2v) is 6.61. The molecule has 8 N–H and O–H groups in total. The Balaban J connectivity index is 0.000000749. The Kier molecular flexibility index (Phi) is 12.7. The van der Waals surface area contributed by atoms with Crippen LogP contribution in [0.5, 0.6) is 0 Å². The number of aliphatic carboxylic acids is 4. The third kappa shape index (κ3) is 13.9. The van der Waals surface area contributed by atoms with Gasteiger partial charge in [-0.2, -0.15) is 0 Å². The molecule has 0 heterocycles. The number of rotatable bonds is 11. The first-order valence-corrected chi connectivity index (χ1v) is 8.84. The van der Waals surface area contributed by atoms with Crippen molar-refractivity contribution < 1.29 is 39.6 Å². The SMILES string of the molecule is N[C@@H]1CCCC[C@H]1N.O=C(O)CN(CCN(CC(=O)O)CC(=O)O)CC(=O)O. The van der Waals surface area contributed by atoms with E-state index in [0.717, 1.165) is 22.6 Å². The van der Waals surface area contributed by atoms with Crippen LogP contribution in [0.4, 0.5) is 0 Å². The molecule has 0 aromatic rings. The van der Waals surface area contributed by atoms with Gasteiger partial charge in [-0.05, 0) is 12.8 Å². The molecule has 1 aliphatic carbocycles. The maximum absolute atomic E-state index is 10.6. The van der Waals surface area contributed by atoms with E-state index < -0.39 is 50.1 Å². The van der Waals surface area contributed by atoms with Gasteiger partial charge in [-0.25, -0.2) is 0 Å². The fraction of sp³-hybridized carbons (Fsp3) is 0.750. The minimum absolute atomic E-state index is 0.0703. The van der Waals surface area contributed by atoms with Gasteiger partial charge in [0.2, 0.25) is 0 Å². The van der Waals surface area contributed by atoms with E-state index in [1.54, 1.807) is 0 Å². The first kappa shape index (κ1) is 25.7. The third-order valence-electron chi connectivity index (χ3n) is 4.04. The molecule has 0 aromatic heterocycles. The van der Waals surface area contributed by atoms with Crippen molar-refractivity contribution >= 4 is 23.9 Å². The lowest BCUT2D eigenvalue weighted by Gasteiger charge is -2.24. The molecule has 0 spiro atoms. The molecule has 0 aromatic carbocycles. The molecular formula is C16H30N4O8. The number of hydrogen-bond acceptors (Lipinski definition) is 8. The quantitative estimate of drug-likeness (QED) is 0.223. The average molecular weight is 406 g/mol. The largest absolute Gasteiger partial charge is 0.480 e. The van der Waals surface area contributed by atoms with Gasteiger partial charge in [0.15, 0.2) is 0 Å². The highest BCUT2D eigenvalue weighted by Crippen LogP contribution is 2.14. The summed E-state index contributed by atoms with van der Waals surface area (Å²) < 4.78 is 0. The molecule has 0 aliphatic heterocycles. The summed E-state index contributed by atoms with van der Waals surface area (Å²) in [5, 5.41) is 34.5. The Bertz CT molecular complexity index is 453. The van der Waals surface area contributed by atoms with Gasteiger partial charge in [0.1, 0.15) is 0 Å². The summed E-state index contributed by atoms with van der Waals surface area (Å²) in [5.41, 5.74) is 11.3. The molecule has 162 valence electrons. The molecule has 1 saturated carbocycles. The van der Waals surface area contributed by atoms with Crippen LogP contribution in [0, 0.1) is 0 Å². The molecular weight excluding hydrogens is 376 g/mol. The van der Waals surface area contributed by atoms with Gasteiger partial charge < -0.3 is 31.9 Å². The molecule has 0 amide bonds. The van der Waals surface area contributed by atoms with Gasteiger partial charge in [0.05, 0.1) is 26.2 Å². The minimum atomic E-state index is -1.23. The maximum atomic E-state index is 10.6. The summed E-state index contributed by atoms with van der Waals surface area (Å²) in [5.74, 6) is -4.91. The molecule has 2 atom stereocenters. The maximum Gasteiger partial charge on any atom is 0.317 e. The third-order valence-corrected chi connectivity index (χ3v) is 4.04. The van der Waals surface area contributed by atoms with E-state index in [0.29, 0.717) is 0 Å². The van der Waals surface area contributed by atoms with Crippen molar-refractivity contribution in [2.75, 3.05) is 39.3 Å². The van der Waals surface area contributed by atoms with E-state index in [1.165, 1.54) is 12.8 Å². The van der Waals surface area contributed by atoms with Gasteiger partial charge in [-0.15, -0.1) is 0 Å². The molecule has 12 heteroatoms. The van der Waals surface area contributed by atoms with Gasteiger partial charge in [-0.1, -0.05) is 12.8 Å². The van der Waals surface area contributed by atoms with Crippen LogP contribution >= 0.6 is 0 Å². The Morgan fingerprint density at radius 3 is 1.07 bits per heavy atom. The average Bonchev–Trinajstić information content (AvgIpc) is 2.53. The normalized spacial score (nSPS) is 19.0. The Morgan fingerprint density at radius 1 is 0.643 bits per heavy atom. The first-order chi connectivity index (χ1) is 13.0. The van der Waals surface area contributed by atoms with E-state index in [2.05, 4.69) is 0 Å². The highest BCUT2D eigenvalue weighted by atomic mass is 16.4. The summed E-state index contributed by atoms with van der Waals surface area (Å²) in [6.45, 7) is -2.25. The molecule has 0 unspecified atom stereocenters. The van der Waals surface area contributed by atoms with Crippen molar-refractivity contribution in [3.63, 3.8) is 0 Å². The van der Waals surface area contributed by atoms with Crippen LogP contribution < -0.4 is 11.5 Å². The summed E-state index contributed by atoms with van der Waals surface area (Å²) in [7, 11) is 0. The molecule has 0 saturated heterocycles. The predicted molar refractivity (Wildman–Crippen MR) is 97.8 cm³/mol. The van der Waals surface area contributed by atoms with Crippen molar-refractivity contribution in [2.45, 2.75) is 37.8 Å². The lowest BCUT2D eigenvalue weighted by molar-refractivity contribution is -0.145. The molecule has 0 bridgehead atoms. The number of hydrogen-bond donors (Lipinski definition) is 6. The number of nitrogens with zero attached hydrogens (tertiary/aromatic N) is 2. The molecule has 28 heavy (non-hydrogen) atoms. The molecule has 1 aliphatic rings.